The highest BCUT2D eigenvalue weighted by atomic mass is 16.5. The number of nitriles is 1. The van der Waals surface area contributed by atoms with Crippen molar-refractivity contribution in [2.75, 3.05) is 21.3 Å². The smallest absolute Gasteiger partial charge is 0.231 e. The van der Waals surface area contributed by atoms with E-state index in [9.17, 15) is 10.1 Å². The minimum Gasteiger partial charge on any atom is -0.497 e. The van der Waals surface area contributed by atoms with Gasteiger partial charge in [0.2, 0.25) is 11.8 Å². The van der Waals surface area contributed by atoms with Gasteiger partial charge in [-0.15, -0.1) is 0 Å². The summed E-state index contributed by atoms with van der Waals surface area (Å²) in [4.78, 5) is 19.6. The molecule has 1 fully saturated rings. The molecule has 2 heterocycles. The summed E-state index contributed by atoms with van der Waals surface area (Å²) in [5.41, 5.74) is 5.04. The fraction of sp³-hybridized carbons (Fsp3) is 0.344. The highest BCUT2D eigenvalue weighted by molar-refractivity contribution is 5.83. The summed E-state index contributed by atoms with van der Waals surface area (Å²) in [5, 5.41) is 9.47. The Morgan fingerprint density at radius 1 is 1.05 bits per heavy atom. The first-order valence-corrected chi connectivity index (χ1v) is 13.0. The molecule has 0 unspecified atom stereocenters. The largest absolute Gasteiger partial charge is 0.497 e. The number of benzene rings is 2. The highest BCUT2D eigenvalue weighted by Gasteiger charge is 2.31. The average molecular weight is 526 g/mol. The van der Waals surface area contributed by atoms with Crippen LogP contribution >= 0.6 is 0 Å². The molecule has 0 spiro atoms. The fourth-order valence-corrected chi connectivity index (χ4v) is 4.80. The molecule has 7 nitrogen and oxygen atoms in total. The van der Waals surface area contributed by atoms with Crippen LogP contribution in [0.15, 0.2) is 60.7 Å². The van der Waals surface area contributed by atoms with E-state index in [0.717, 1.165) is 16.7 Å². The predicted octanol–water partition coefficient (Wildman–Crippen LogP) is 5.90. The number of methoxy groups -OCH3 is 3. The van der Waals surface area contributed by atoms with Gasteiger partial charge in [-0.05, 0) is 47.2 Å². The molecule has 202 valence electrons. The number of hydrogen-bond donors (Lipinski definition) is 0. The Balaban J connectivity index is 1.78. The molecular weight excluding hydrogens is 490 g/mol. The standard InChI is InChI=1S/C32H35N3O4/c1-32(2,3)24-11-7-21(8-12-24)27(28-15-10-22(19-33)31(34-28)39-6)17-25-13-16-30(36)35(25)20-23-9-14-26(37-4)18-29(23)38-5/h7-12,14-15,17-18,25H,13,16,20H2,1-6H3/t25-/m1/s1. The maximum Gasteiger partial charge on any atom is 0.231 e. The Labute approximate surface area is 230 Å². The third kappa shape index (κ3) is 6.06. The summed E-state index contributed by atoms with van der Waals surface area (Å²) in [6.45, 7) is 6.96. The summed E-state index contributed by atoms with van der Waals surface area (Å²) in [5.74, 6) is 1.73. The Morgan fingerprint density at radius 2 is 1.79 bits per heavy atom. The van der Waals surface area contributed by atoms with Crippen LogP contribution in [-0.2, 0) is 16.8 Å². The second kappa shape index (κ2) is 11.6. The average Bonchev–Trinajstić information content (AvgIpc) is 3.29. The molecule has 1 atom stereocenters. The van der Waals surface area contributed by atoms with Crippen LogP contribution in [0.25, 0.3) is 5.57 Å². The van der Waals surface area contributed by atoms with E-state index in [4.69, 9.17) is 14.2 Å². The lowest BCUT2D eigenvalue weighted by Gasteiger charge is -2.25. The summed E-state index contributed by atoms with van der Waals surface area (Å²) >= 11 is 0. The molecule has 39 heavy (non-hydrogen) atoms. The van der Waals surface area contributed by atoms with Crippen molar-refractivity contribution in [1.29, 1.82) is 5.26 Å². The van der Waals surface area contributed by atoms with Crippen LogP contribution < -0.4 is 14.2 Å². The molecule has 2 aromatic carbocycles. The first-order chi connectivity index (χ1) is 18.7. The Hall–Kier alpha value is -4.31. The molecule has 7 heteroatoms. The SMILES string of the molecule is COc1ccc(CN2C(=O)CC[C@@H]2C=C(c2ccc(C(C)(C)C)cc2)c2ccc(C#N)c(OC)n2)c(OC)c1. The number of hydrogen-bond acceptors (Lipinski definition) is 6. The number of likely N-dealkylation sites (tertiary alicyclic amines) is 1. The van der Waals surface area contributed by atoms with Gasteiger partial charge in [0, 0.05) is 30.2 Å². The molecule has 0 radical (unpaired) electrons. The molecule has 1 aromatic heterocycles. The number of carbonyl (C=O) groups is 1. The maximum atomic E-state index is 13.1. The van der Waals surface area contributed by atoms with Crippen LogP contribution in [0.2, 0.25) is 0 Å². The molecule has 0 N–H and O–H groups in total. The van der Waals surface area contributed by atoms with Gasteiger partial charge in [0.05, 0.1) is 33.1 Å². The normalized spacial score (nSPS) is 15.7. The molecule has 1 aliphatic rings. The van der Waals surface area contributed by atoms with E-state index in [1.54, 1.807) is 20.3 Å². The van der Waals surface area contributed by atoms with Crippen molar-refractivity contribution in [1.82, 2.24) is 9.88 Å². The monoisotopic (exact) mass is 525 g/mol. The maximum absolute atomic E-state index is 13.1. The Bertz CT molecular complexity index is 1410. The van der Waals surface area contributed by atoms with Crippen molar-refractivity contribution in [3.05, 3.63) is 88.6 Å². The molecule has 0 saturated carbocycles. The molecule has 0 bridgehead atoms. The molecule has 1 aliphatic heterocycles. The predicted molar refractivity (Wildman–Crippen MR) is 151 cm³/mol. The van der Waals surface area contributed by atoms with Gasteiger partial charge in [0.25, 0.3) is 0 Å². The summed E-state index contributed by atoms with van der Waals surface area (Å²) in [6, 6.07) is 19.6. The number of carbonyl (C=O) groups excluding carboxylic acids is 1. The lowest BCUT2D eigenvalue weighted by atomic mass is 9.86. The summed E-state index contributed by atoms with van der Waals surface area (Å²) in [6.07, 6.45) is 3.26. The second-order valence-electron chi connectivity index (χ2n) is 10.6. The zero-order valence-electron chi connectivity index (χ0n) is 23.4. The first kappa shape index (κ1) is 27.7. The molecular formula is C32H35N3O4. The van der Waals surface area contributed by atoms with Gasteiger partial charge in [0.1, 0.15) is 23.1 Å². The lowest BCUT2D eigenvalue weighted by molar-refractivity contribution is -0.129. The topological polar surface area (TPSA) is 84.7 Å². The molecule has 3 aromatic rings. The molecule has 4 rings (SSSR count). The number of nitrogens with zero attached hydrogens (tertiary/aromatic N) is 3. The zero-order valence-corrected chi connectivity index (χ0v) is 23.4. The minimum absolute atomic E-state index is 0.0183. The minimum atomic E-state index is -0.148. The third-order valence-electron chi connectivity index (χ3n) is 7.08. The lowest BCUT2D eigenvalue weighted by Crippen LogP contribution is -2.31. The van der Waals surface area contributed by atoms with Crippen molar-refractivity contribution < 1.29 is 19.0 Å². The zero-order chi connectivity index (χ0) is 28.2. The van der Waals surface area contributed by atoms with E-state index >= 15 is 0 Å². The summed E-state index contributed by atoms with van der Waals surface area (Å²) in [7, 11) is 4.74. The quantitative estimate of drug-likeness (QED) is 0.364. The summed E-state index contributed by atoms with van der Waals surface area (Å²) < 4.78 is 16.3. The molecule has 1 saturated heterocycles. The number of amides is 1. The van der Waals surface area contributed by atoms with Crippen molar-refractivity contribution in [2.24, 2.45) is 0 Å². The van der Waals surface area contributed by atoms with E-state index in [2.05, 4.69) is 62.2 Å². The molecule has 1 amide bonds. The van der Waals surface area contributed by atoms with Crippen LogP contribution in [0, 0.1) is 11.3 Å². The third-order valence-corrected chi connectivity index (χ3v) is 7.08. The Kier molecular flexibility index (Phi) is 8.25. The first-order valence-electron chi connectivity index (χ1n) is 13.0. The van der Waals surface area contributed by atoms with E-state index in [1.165, 1.54) is 12.7 Å². The number of aromatic nitrogens is 1. The Morgan fingerprint density at radius 3 is 2.41 bits per heavy atom. The van der Waals surface area contributed by atoms with Crippen molar-refractivity contribution in [3.8, 4) is 23.4 Å². The van der Waals surface area contributed by atoms with Crippen molar-refractivity contribution >= 4 is 11.5 Å². The van der Waals surface area contributed by atoms with E-state index in [0.29, 0.717) is 42.1 Å². The van der Waals surface area contributed by atoms with Gasteiger partial charge in [0.15, 0.2) is 0 Å². The number of pyridine rings is 1. The van der Waals surface area contributed by atoms with Crippen LogP contribution in [0.4, 0.5) is 0 Å². The highest BCUT2D eigenvalue weighted by Crippen LogP contribution is 2.33. The van der Waals surface area contributed by atoms with Crippen LogP contribution in [0.5, 0.6) is 17.4 Å². The number of rotatable bonds is 8. The van der Waals surface area contributed by atoms with Crippen LogP contribution in [0.1, 0.15) is 61.6 Å². The second-order valence-corrected chi connectivity index (χ2v) is 10.6. The van der Waals surface area contributed by atoms with Crippen molar-refractivity contribution in [3.63, 3.8) is 0 Å². The number of ether oxygens (including phenoxy) is 3. The van der Waals surface area contributed by atoms with Crippen LogP contribution in [0.3, 0.4) is 0 Å². The van der Waals surface area contributed by atoms with Gasteiger partial charge >= 0.3 is 0 Å². The van der Waals surface area contributed by atoms with Gasteiger partial charge < -0.3 is 19.1 Å². The van der Waals surface area contributed by atoms with Gasteiger partial charge in [-0.25, -0.2) is 4.98 Å². The van der Waals surface area contributed by atoms with Gasteiger partial charge in [-0.2, -0.15) is 5.26 Å². The van der Waals surface area contributed by atoms with Crippen molar-refractivity contribution in [2.45, 2.75) is 51.6 Å². The van der Waals surface area contributed by atoms with Crippen LogP contribution in [-0.4, -0.2) is 43.2 Å². The van der Waals surface area contributed by atoms with Gasteiger partial charge in [-0.1, -0.05) is 51.1 Å². The fourth-order valence-electron chi connectivity index (χ4n) is 4.80. The van der Waals surface area contributed by atoms with E-state index in [1.807, 2.05) is 29.2 Å². The van der Waals surface area contributed by atoms with E-state index in [-0.39, 0.29) is 23.2 Å². The van der Waals surface area contributed by atoms with E-state index < -0.39 is 0 Å². The van der Waals surface area contributed by atoms with Gasteiger partial charge in [-0.3, -0.25) is 4.79 Å². The molecule has 0 aliphatic carbocycles.